The molecule has 2 aromatic heterocycles. The highest BCUT2D eigenvalue weighted by atomic mass is 32.2. The van der Waals surface area contributed by atoms with Crippen LogP contribution in [0.25, 0.3) is 0 Å². The molecule has 20 heavy (non-hydrogen) atoms. The number of nitrogens with zero attached hydrogens (tertiary/aromatic N) is 4. The maximum Gasteiger partial charge on any atom is 0.331 e. The van der Waals surface area contributed by atoms with Gasteiger partial charge in [0.15, 0.2) is 0 Å². The van der Waals surface area contributed by atoms with Crippen molar-refractivity contribution in [3.63, 3.8) is 0 Å². The summed E-state index contributed by atoms with van der Waals surface area (Å²) in [5.74, 6) is 0. The zero-order valence-corrected chi connectivity index (χ0v) is 11.5. The van der Waals surface area contributed by atoms with Crippen molar-refractivity contribution < 1.29 is 4.92 Å². The summed E-state index contributed by atoms with van der Waals surface area (Å²) in [6.07, 6.45) is 1.13. The summed E-state index contributed by atoms with van der Waals surface area (Å²) in [5.41, 5.74) is -0.980. The second-order valence-electron chi connectivity index (χ2n) is 3.94. The number of aromatic nitrogens is 3. The molecule has 0 bridgehead atoms. The molecule has 0 spiro atoms. The molecule has 2 aromatic rings. The first-order valence-corrected chi connectivity index (χ1v) is 6.27. The molecule has 0 atom stereocenters. The fourth-order valence-electron chi connectivity index (χ4n) is 1.46. The van der Waals surface area contributed by atoms with Crippen molar-refractivity contribution in [2.24, 2.45) is 14.1 Å². The number of rotatable bonds is 3. The van der Waals surface area contributed by atoms with Gasteiger partial charge in [-0.1, -0.05) is 11.8 Å². The highest BCUT2D eigenvalue weighted by Crippen LogP contribution is 2.24. The lowest BCUT2D eigenvalue weighted by Gasteiger charge is -2.07. The van der Waals surface area contributed by atoms with E-state index in [2.05, 4.69) is 4.98 Å². The van der Waals surface area contributed by atoms with Crippen molar-refractivity contribution in [2.45, 2.75) is 10.1 Å². The van der Waals surface area contributed by atoms with E-state index in [-0.39, 0.29) is 5.69 Å². The predicted octanol–water partition coefficient (Wildman–Crippen LogP) is 0.538. The van der Waals surface area contributed by atoms with Crippen LogP contribution in [0.3, 0.4) is 0 Å². The molecular formula is C11H10N4O4S. The SMILES string of the molecule is Cn1c(Sc2ccc([N+](=O)[O-])cn2)cc(=O)n(C)c1=O. The molecule has 0 unspecified atom stereocenters. The average molecular weight is 294 g/mol. The molecule has 104 valence electrons. The minimum absolute atomic E-state index is 0.118. The van der Waals surface area contributed by atoms with Crippen LogP contribution < -0.4 is 11.2 Å². The van der Waals surface area contributed by atoms with Crippen molar-refractivity contribution in [2.75, 3.05) is 0 Å². The van der Waals surface area contributed by atoms with E-state index in [1.807, 2.05) is 0 Å². The lowest BCUT2D eigenvalue weighted by Crippen LogP contribution is -2.36. The fraction of sp³-hybridized carbons (Fsp3) is 0.182. The van der Waals surface area contributed by atoms with Crippen LogP contribution in [0.15, 0.2) is 44.0 Å². The van der Waals surface area contributed by atoms with Crippen molar-refractivity contribution in [3.8, 4) is 0 Å². The van der Waals surface area contributed by atoms with Gasteiger partial charge in [0.25, 0.3) is 11.2 Å². The van der Waals surface area contributed by atoms with Gasteiger partial charge in [-0.05, 0) is 6.07 Å². The van der Waals surface area contributed by atoms with Crippen LogP contribution in [-0.4, -0.2) is 19.0 Å². The zero-order chi connectivity index (χ0) is 14.9. The number of pyridine rings is 1. The molecule has 0 saturated heterocycles. The molecule has 0 aliphatic rings. The maximum atomic E-state index is 11.7. The van der Waals surface area contributed by atoms with Crippen LogP contribution in [0.4, 0.5) is 5.69 Å². The Morgan fingerprint density at radius 1 is 1.25 bits per heavy atom. The van der Waals surface area contributed by atoms with Crippen LogP contribution in [0.1, 0.15) is 0 Å². The highest BCUT2D eigenvalue weighted by Gasteiger charge is 2.10. The summed E-state index contributed by atoms with van der Waals surface area (Å²) >= 11 is 1.09. The van der Waals surface area contributed by atoms with E-state index in [1.165, 1.54) is 36.9 Å². The largest absolute Gasteiger partial charge is 0.331 e. The first-order chi connectivity index (χ1) is 9.40. The Hall–Kier alpha value is -2.42. The molecule has 0 radical (unpaired) electrons. The highest BCUT2D eigenvalue weighted by molar-refractivity contribution is 7.99. The molecule has 0 N–H and O–H groups in total. The van der Waals surface area contributed by atoms with Crippen molar-refractivity contribution in [1.82, 2.24) is 14.1 Å². The Balaban J connectivity index is 2.38. The molecule has 0 aliphatic heterocycles. The molecule has 2 heterocycles. The molecule has 2 rings (SSSR count). The minimum atomic E-state index is -0.546. The number of nitro groups is 1. The van der Waals surface area contributed by atoms with E-state index in [0.717, 1.165) is 22.5 Å². The van der Waals surface area contributed by atoms with Gasteiger partial charge in [0.1, 0.15) is 11.2 Å². The van der Waals surface area contributed by atoms with Crippen LogP contribution >= 0.6 is 11.8 Å². The van der Waals surface area contributed by atoms with Crippen molar-refractivity contribution >= 4 is 17.4 Å². The second kappa shape index (κ2) is 5.29. The van der Waals surface area contributed by atoms with Gasteiger partial charge in [-0.15, -0.1) is 0 Å². The van der Waals surface area contributed by atoms with Gasteiger partial charge >= 0.3 is 5.69 Å². The van der Waals surface area contributed by atoms with E-state index in [9.17, 15) is 19.7 Å². The lowest BCUT2D eigenvalue weighted by molar-refractivity contribution is -0.385. The maximum absolute atomic E-state index is 11.7. The van der Waals surface area contributed by atoms with Gasteiger partial charge in [-0.3, -0.25) is 24.0 Å². The first-order valence-electron chi connectivity index (χ1n) is 5.45. The smallest absolute Gasteiger partial charge is 0.291 e. The van der Waals surface area contributed by atoms with Crippen LogP contribution in [-0.2, 0) is 14.1 Å². The summed E-state index contributed by atoms with van der Waals surface area (Å²) in [7, 11) is 2.93. The van der Waals surface area contributed by atoms with Crippen molar-refractivity contribution in [3.05, 3.63) is 55.3 Å². The molecule has 0 aliphatic carbocycles. The molecular weight excluding hydrogens is 284 g/mol. The number of hydrogen-bond donors (Lipinski definition) is 0. The number of hydrogen-bond acceptors (Lipinski definition) is 6. The van der Waals surface area contributed by atoms with Crippen LogP contribution in [0.2, 0.25) is 0 Å². The summed E-state index contributed by atoms with van der Waals surface area (Å²) in [6.45, 7) is 0. The monoisotopic (exact) mass is 294 g/mol. The van der Waals surface area contributed by atoms with E-state index >= 15 is 0 Å². The topological polar surface area (TPSA) is 100 Å². The first kappa shape index (κ1) is 14.0. The standard InChI is InChI=1S/C11H10N4O4S/c1-13-9(16)5-10(14(2)11(13)17)20-8-4-3-7(6-12-8)15(18)19/h3-6H,1-2H3. The van der Waals surface area contributed by atoms with Crippen molar-refractivity contribution in [1.29, 1.82) is 0 Å². The zero-order valence-electron chi connectivity index (χ0n) is 10.6. The predicted molar refractivity (Wildman–Crippen MR) is 71.9 cm³/mol. The Morgan fingerprint density at radius 2 is 1.95 bits per heavy atom. The molecule has 0 fully saturated rings. The van der Waals surface area contributed by atoms with Gasteiger partial charge in [0.2, 0.25) is 0 Å². The molecule has 0 amide bonds. The molecule has 8 nitrogen and oxygen atoms in total. The van der Waals surface area contributed by atoms with Gasteiger partial charge in [-0.25, -0.2) is 9.78 Å². The quantitative estimate of drug-likeness (QED) is 0.465. The summed E-state index contributed by atoms with van der Waals surface area (Å²) in [5, 5.41) is 11.4. The molecule has 0 saturated carbocycles. The Labute approximate surface area is 116 Å². The Morgan fingerprint density at radius 3 is 2.50 bits per heavy atom. The lowest BCUT2D eigenvalue weighted by atomic mass is 10.4. The van der Waals surface area contributed by atoms with Gasteiger partial charge in [0.05, 0.1) is 9.95 Å². The summed E-state index contributed by atoms with van der Waals surface area (Å²) in [6, 6.07) is 4.09. The second-order valence-corrected chi connectivity index (χ2v) is 4.98. The summed E-state index contributed by atoms with van der Waals surface area (Å²) < 4.78 is 2.31. The molecule has 0 aromatic carbocycles. The minimum Gasteiger partial charge on any atom is -0.291 e. The molecule has 9 heteroatoms. The Bertz CT molecular complexity index is 778. The van der Waals surface area contributed by atoms with E-state index in [1.54, 1.807) is 0 Å². The van der Waals surface area contributed by atoms with E-state index in [4.69, 9.17) is 0 Å². The van der Waals surface area contributed by atoms with Gasteiger partial charge < -0.3 is 0 Å². The fourth-order valence-corrected chi connectivity index (χ4v) is 2.29. The Kier molecular flexibility index (Phi) is 3.70. The van der Waals surface area contributed by atoms with E-state index in [0.29, 0.717) is 10.1 Å². The average Bonchev–Trinajstić information content (AvgIpc) is 2.43. The van der Waals surface area contributed by atoms with Gasteiger partial charge in [0, 0.05) is 26.2 Å². The summed E-state index contributed by atoms with van der Waals surface area (Å²) in [4.78, 5) is 37.2. The van der Waals surface area contributed by atoms with E-state index < -0.39 is 16.2 Å². The van der Waals surface area contributed by atoms with Crippen LogP contribution in [0.5, 0.6) is 0 Å². The third-order valence-electron chi connectivity index (χ3n) is 2.62. The van der Waals surface area contributed by atoms with Gasteiger partial charge in [-0.2, -0.15) is 0 Å². The third kappa shape index (κ3) is 2.62. The third-order valence-corrected chi connectivity index (χ3v) is 3.67. The van der Waals surface area contributed by atoms with Crippen LogP contribution in [0, 0.1) is 10.1 Å². The normalized spacial score (nSPS) is 10.5.